The molecular formula is C33H32FN3O5. The Morgan fingerprint density at radius 1 is 0.881 bits per heavy atom. The number of amides is 1. The first-order valence-electron chi connectivity index (χ1n) is 14.3. The van der Waals surface area contributed by atoms with E-state index in [1.165, 1.54) is 11.0 Å². The van der Waals surface area contributed by atoms with E-state index in [2.05, 4.69) is 10.2 Å². The third-order valence-electron chi connectivity index (χ3n) is 8.13. The molecule has 3 aromatic rings. The standard InChI is InChI=1S/C33H32FN3O5/c34-26-10-11-29(25(21-26)20-23-6-2-1-3-7-23)35-16-19-36-17-14-24(15-18-36)22-37-32(40)27-8-4-5-9-28(27)33(37)41-30(38)12-13-31(39)42-33/h1-13,21,24,35H,14-20,22H2. The van der Waals surface area contributed by atoms with Crippen LogP contribution in [0.25, 0.3) is 0 Å². The Balaban J connectivity index is 1.06. The normalized spacial score (nSPS) is 18.5. The summed E-state index contributed by atoms with van der Waals surface area (Å²) in [7, 11) is 0. The minimum atomic E-state index is -1.90. The summed E-state index contributed by atoms with van der Waals surface area (Å²) in [6.07, 6.45) is 4.33. The highest BCUT2D eigenvalue weighted by molar-refractivity contribution is 6.01. The molecule has 0 aliphatic carbocycles. The lowest BCUT2D eigenvalue weighted by atomic mass is 9.96. The number of ether oxygens (including phenoxy) is 2. The molecule has 0 atom stereocenters. The van der Waals surface area contributed by atoms with Gasteiger partial charge >= 0.3 is 17.8 Å². The number of piperidine rings is 1. The highest BCUT2D eigenvalue weighted by Gasteiger charge is 2.57. The van der Waals surface area contributed by atoms with Gasteiger partial charge < -0.3 is 19.7 Å². The third-order valence-corrected chi connectivity index (χ3v) is 8.13. The molecule has 3 aliphatic heterocycles. The lowest BCUT2D eigenvalue weighted by Crippen LogP contribution is -2.52. The Hall–Kier alpha value is -4.50. The number of anilines is 1. The number of fused-ring (bicyclic) bond motifs is 2. The first-order valence-corrected chi connectivity index (χ1v) is 14.3. The minimum Gasteiger partial charge on any atom is -0.396 e. The van der Waals surface area contributed by atoms with Crippen LogP contribution in [0.4, 0.5) is 10.1 Å². The van der Waals surface area contributed by atoms with E-state index in [-0.39, 0.29) is 17.6 Å². The highest BCUT2D eigenvalue weighted by Crippen LogP contribution is 2.43. The van der Waals surface area contributed by atoms with Crippen LogP contribution in [0.5, 0.6) is 0 Å². The van der Waals surface area contributed by atoms with Crippen molar-refractivity contribution in [2.45, 2.75) is 25.2 Å². The number of esters is 2. The SMILES string of the molecule is O=C1C=CC(=O)OC2(O1)c1ccccc1C(=O)N2CC1CCN(CCNc2ccc(F)cc2Cc2ccccc2)CC1. The van der Waals surface area contributed by atoms with E-state index in [0.717, 1.165) is 61.4 Å². The fraction of sp³-hybridized carbons (Fsp3) is 0.303. The van der Waals surface area contributed by atoms with Gasteiger partial charge in [-0.2, -0.15) is 0 Å². The molecule has 216 valence electrons. The maximum atomic E-state index is 14.0. The van der Waals surface area contributed by atoms with Gasteiger partial charge in [0.2, 0.25) is 0 Å². The minimum absolute atomic E-state index is 0.132. The van der Waals surface area contributed by atoms with E-state index in [9.17, 15) is 18.8 Å². The molecule has 1 saturated heterocycles. The molecule has 3 heterocycles. The summed E-state index contributed by atoms with van der Waals surface area (Å²) in [6, 6.07) is 21.6. The second-order valence-electron chi connectivity index (χ2n) is 10.9. The molecule has 1 spiro atoms. The molecular weight excluding hydrogens is 537 g/mol. The monoisotopic (exact) mass is 569 g/mol. The molecule has 0 unspecified atom stereocenters. The van der Waals surface area contributed by atoms with Gasteiger partial charge in [-0.25, -0.2) is 14.0 Å². The summed E-state index contributed by atoms with van der Waals surface area (Å²) in [5, 5.41) is 3.48. The van der Waals surface area contributed by atoms with Crippen LogP contribution in [0.1, 0.15) is 39.9 Å². The number of carbonyl (C=O) groups is 3. The van der Waals surface area contributed by atoms with E-state index in [1.54, 1.807) is 36.4 Å². The Labute approximate surface area is 243 Å². The summed E-state index contributed by atoms with van der Waals surface area (Å²) in [5.74, 6) is -3.84. The number of halogens is 1. The first kappa shape index (κ1) is 27.7. The zero-order valence-corrected chi connectivity index (χ0v) is 23.1. The molecule has 42 heavy (non-hydrogen) atoms. The largest absolute Gasteiger partial charge is 0.396 e. The molecule has 6 rings (SSSR count). The van der Waals surface area contributed by atoms with Crippen LogP contribution in [-0.4, -0.2) is 60.4 Å². The van der Waals surface area contributed by atoms with E-state index in [0.29, 0.717) is 30.6 Å². The highest BCUT2D eigenvalue weighted by atomic mass is 19.1. The third kappa shape index (κ3) is 5.65. The molecule has 1 amide bonds. The van der Waals surface area contributed by atoms with Crippen molar-refractivity contribution in [3.8, 4) is 0 Å². The number of likely N-dealkylation sites (tertiary alicyclic amines) is 1. The van der Waals surface area contributed by atoms with Crippen LogP contribution in [0.3, 0.4) is 0 Å². The summed E-state index contributed by atoms with van der Waals surface area (Å²) >= 11 is 0. The van der Waals surface area contributed by atoms with Crippen LogP contribution in [0.15, 0.2) is 84.9 Å². The Bertz CT molecular complexity index is 1500. The van der Waals surface area contributed by atoms with Gasteiger partial charge in [0.05, 0.1) is 11.1 Å². The summed E-state index contributed by atoms with van der Waals surface area (Å²) in [4.78, 5) is 42.0. The molecule has 1 fully saturated rings. The maximum absolute atomic E-state index is 14.0. The lowest BCUT2D eigenvalue weighted by Gasteiger charge is -2.39. The van der Waals surface area contributed by atoms with Gasteiger partial charge in [0.25, 0.3) is 5.91 Å². The summed E-state index contributed by atoms with van der Waals surface area (Å²) < 4.78 is 25.3. The van der Waals surface area contributed by atoms with Crippen LogP contribution < -0.4 is 5.32 Å². The molecule has 9 heteroatoms. The number of rotatable bonds is 8. The maximum Gasteiger partial charge on any atom is 0.375 e. The molecule has 0 bridgehead atoms. The van der Waals surface area contributed by atoms with Gasteiger partial charge in [-0.05, 0) is 79.7 Å². The number of nitrogens with one attached hydrogen (secondary N) is 1. The second-order valence-corrected chi connectivity index (χ2v) is 10.9. The van der Waals surface area contributed by atoms with Gasteiger partial charge in [-0.3, -0.25) is 9.69 Å². The van der Waals surface area contributed by atoms with Gasteiger partial charge in [0.15, 0.2) is 0 Å². The number of hydrogen-bond acceptors (Lipinski definition) is 7. The Morgan fingerprint density at radius 3 is 2.31 bits per heavy atom. The van der Waals surface area contributed by atoms with E-state index < -0.39 is 17.8 Å². The zero-order chi connectivity index (χ0) is 29.1. The quantitative estimate of drug-likeness (QED) is 0.401. The molecule has 3 aromatic carbocycles. The van der Waals surface area contributed by atoms with Crippen molar-refractivity contribution in [3.63, 3.8) is 0 Å². The smallest absolute Gasteiger partial charge is 0.375 e. The van der Waals surface area contributed by atoms with Crippen molar-refractivity contribution in [1.29, 1.82) is 0 Å². The van der Waals surface area contributed by atoms with Crippen molar-refractivity contribution in [3.05, 3.63) is 113 Å². The van der Waals surface area contributed by atoms with E-state index in [1.807, 2.05) is 30.3 Å². The van der Waals surface area contributed by atoms with Crippen molar-refractivity contribution < 1.29 is 28.2 Å². The topological polar surface area (TPSA) is 88.2 Å². The molecule has 0 saturated carbocycles. The van der Waals surface area contributed by atoms with Gasteiger partial charge in [-0.1, -0.05) is 42.5 Å². The zero-order valence-electron chi connectivity index (χ0n) is 23.1. The molecule has 3 aliphatic rings. The van der Waals surface area contributed by atoms with E-state index in [4.69, 9.17) is 9.47 Å². The van der Waals surface area contributed by atoms with Gasteiger partial charge in [0, 0.05) is 37.5 Å². The fourth-order valence-electron chi connectivity index (χ4n) is 5.99. The van der Waals surface area contributed by atoms with Gasteiger partial charge in [-0.15, -0.1) is 0 Å². The molecule has 1 N–H and O–H groups in total. The average molecular weight is 570 g/mol. The predicted octanol–water partition coefficient (Wildman–Crippen LogP) is 4.46. The van der Waals surface area contributed by atoms with E-state index >= 15 is 0 Å². The Kier molecular flexibility index (Phi) is 7.75. The van der Waals surface area contributed by atoms with Crippen LogP contribution in [0.2, 0.25) is 0 Å². The number of hydrogen-bond donors (Lipinski definition) is 1. The molecule has 0 aromatic heterocycles. The van der Waals surface area contributed by atoms with Crippen molar-refractivity contribution >= 4 is 23.5 Å². The molecule has 8 nitrogen and oxygen atoms in total. The van der Waals surface area contributed by atoms with Crippen LogP contribution in [-0.2, 0) is 31.4 Å². The molecule has 0 radical (unpaired) electrons. The fourth-order valence-corrected chi connectivity index (χ4v) is 5.99. The van der Waals surface area contributed by atoms with Crippen molar-refractivity contribution in [2.75, 3.05) is 38.0 Å². The predicted molar refractivity (Wildman–Crippen MR) is 154 cm³/mol. The van der Waals surface area contributed by atoms with Crippen molar-refractivity contribution in [2.24, 2.45) is 5.92 Å². The van der Waals surface area contributed by atoms with Crippen molar-refractivity contribution in [1.82, 2.24) is 9.80 Å². The summed E-state index contributed by atoms with van der Waals surface area (Å²) in [5.41, 5.74) is 3.68. The average Bonchev–Trinajstić information content (AvgIpc) is 3.09. The first-order chi connectivity index (χ1) is 20.4. The Morgan fingerprint density at radius 2 is 1.57 bits per heavy atom. The lowest BCUT2D eigenvalue weighted by molar-refractivity contribution is -0.275. The van der Waals surface area contributed by atoms with Gasteiger partial charge in [0.1, 0.15) is 5.82 Å². The number of nitrogens with zero attached hydrogens (tertiary/aromatic N) is 2. The second kappa shape index (κ2) is 11.8. The summed E-state index contributed by atoms with van der Waals surface area (Å²) in [6.45, 7) is 3.47. The number of carbonyl (C=O) groups excluding carboxylic acids is 3. The number of benzene rings is 3. The van der Waals surface area contributed by atoms with Crippen LogP contribution >= 0.6 is 0 Å². The van der Waals surface area contributed by atoms with Crippen LogP contribution in [0, 0.1) is 11.7 Å².